The molecule has 0 unspecified atom stereocenters. The number of amides is 1. The average Bonchev–Trinajstić information content (AvgIpc) is 2.62. The molecule has 6 nitrogen and oxygen atoms in total. The van der Waals surface area contributed by atoms with Crippen LogP contribution in [0.4, 0.5) is 10.1 Å². The molecule has 2 aromatic rings. The van der Waals surface area contributed by atoms with E-state index in [1.807, 2.05) is 0 Å². The molecule has 0 spiro atoms. The van der Waals surface area contributed by atoms with Crippen molar-refractivity contribution in [2.75, 3.05) is 19.7 Å². The number of hydrogen-bond donors (Lipinski definition) is 0. The summed E-state index contributed by atoms with van der Waals surface area (Å²) in [4.78, 5) is 24.8. The molecule has 1 fully saturated rings. The maximum absolute atomic E-state index is 13.4. The van der Waals surface area contributed by atoms with E-state index in [-0.39, 0.29) is 23.8 Å². The Labute approximate surface area is 144 Å². The van der Waals surface area contributed by atoms with E-state index in [9.17, 15) is 19.3 Å². The minimum atomic E-state index is -0.489. The van der Waals surface area contributed by atoms with Gasteiger partial charge in [0.05, 0.1) is 24.5 Å². The Morgan fingerprint density at radius 2 is 2.08 bits per heavy atom. The second-order valence-corrected chi connectivity index (χ2v) is 5.82. The Morgan fingerprint density at radius 1 is 1.28 bits per heavy atom. The van der Waals surface area contributed by atoms with Crippen LogP contribution in [0.5, 0.6) is 0 Å². The van der Waals surface area contributed by atoms with E-state index in [4.69, 9.17) is 4.74 Å². The summed E-state index contributed by atoms with van der Waals surface area (Å²) in [5, 5.41) is 11.1. The first-order valence-corrected chi connectivity index (χ1v) is 7.92. The number of ether oxygens (including phenoxy) is 1. The second kappa shape index (κ2) is 7.40. The lowest BCUT2D eigenvalue weighted by Gasteiger charge is -2.33. The van der Waals surface area contributed by atoms with Crippen LogP contribution < -0.4 is 0 Å². The zero-order valence-electron chi connectivity index (χ0n) is 13.4. The molecule has 1 aliphatic heterocycles. The number of para-hydroxylation sites is 1. The van der Waals surface area contributed by atoms with Crippen molar-refractivity contribution in [3.63, 3.8) is 0 Å². The number of nitro benzene ring substituents is 1. The summed E-state index contributed by atoms with van der Waals surface area (Å²) < 4.78 is 19.0. The first kappa shape index (κ1) is 17.0. The topological polar surface area (TPSA) is 72.7 Å². The van der Waals surface area contributed by atoms with E-state index in [2.05, 4.69) is 0 Å². The van der Waals surface area contributed by atoms with Crippen LogP contribution in [-0.4, -0.2) is 35.4 Å². The highest BCUT2D eigenvalue weighted by molar-refractivity contribution is 5.80. The molecule has 25 heavy (non-hydrogen) atoms. The predicted molar refractivity (Wildman–Crippen MR) is 88.5 cm³/mol. The van der Waals surface area contributed by atoms with Gasteiger partial charge in [-0.25, -0.2) is 4.39 Å². The van der Waals surface area contributed by atoms with Crippen LogP contribution >= 0.6 is 0 Å². The van der Waals surface area contributed by atoms with Gasteiger partial charge in [-0.1, -0.05) is 30.3 Å². The molecule has 0 aliphatic carbocycles. The SMILES string of the molecule is O=C(Cc1ccccc1[N+](=O)[O-])N1CCO[C@H](c2cccc(F)c2)C1. The number of nitro groups is 1. The third-order valence-corrected chi connectivity index (χ3v) is 4.17. The summed E-state index contributed by atoms with van der Waals surface area (Å²) in [5.74, 6) is -0.566. The van der Waals surface area contributed by atoms with E-state index < -0.39 is 11.0 Å². The van der Waals surface area contributed by atoms with Crippen molar-refractivity contribution in [1.29, 1.82) is 0 Å². The lowest BCUT2D eigenvalue weighted by molar-refractivity contribution is -0.385. The zero-order valence-corrected chi connectivity index (χ0v) is 13.4. The first-order valence-electron chi connectivity index (χ1n) is 7.92. The van der Waals surface area contributed by atoms with Gasteiger partial charge in [0, 0.05) is 18.2 Å². The third kappa shape index (κ3) is 4.00. The van der Waals surface area contributed by atoms with Crippen molar-refractivity contribution in [1.82, 2.24) is 4.90 Å². The molecular weight excluding hydrogens is 327 g/mol. The molecule has 7 heteroatoms. The van der Waals surface area contributed by atoms with Crippen LogP contribution in [0.25, 0.3) is 0 Å². The van der Waals surface area contributed by atoms with E-state index in [1.54, 1.807) is 35.2 Å². The number of carbonyl (C=O) groups is 1. The smallest absolute Gasteiger partial charge is 0.273 e. The molecule has 130 valence electrons. The summed E-state index contributed by atoms with van der Waals surface area (Å²) in [5.41, 5.74) is 0.986. The molecule has 1 amide bonds. The van der Waals surface area contributed by atoms with Gasteiger partial charge in [-0.15, -0.1) is 0 Å². The lowest BCUT2D eigenvalue weighted by atomic mass is 10.1. The summed E-state index contributed by atoms with van der Waals surface area (Å²) in [6.07, 6.45) is -0.452. The highest BCUT2D eigenvalue weighted by Gasteiger charge is 2.27. The van der Waals surface area contributed by atoms with Crippen molar-refractivity contribution in [3.05, 3.63) is 75.6 Å². The van der Waals surface area contributed by atoms with E-state index in [1.165, 1.54) is 18.2 Å². The van der Waals surface area contributed by atoms with Crippen LogP contribution in [0.15, 0.2) is 48.5 Å². The Morgan fingerprint density at radius 3 is 2.84 bits per heavy atom. The van der Waals surface area contributed by atoms with Crippen molar-refractivity contribution < 1.29 is 18.8 Å². The standard InChI is InChI=1S/C18H17FN2O4/c19-15-6-3-5-14(10-15)17-12-20(8-9-25-17)18(22)11-13-4-1-2-7-16(13)21(23)24/h1-7,10,17H,8-9,11-12H2/t17-/m0/s1. The van der Waals surface area contributed by atoms with Gasteiger partial charge in [0.25, 0.3) is 5.69 Å². The molecule has 2 aromatic carbocycles. The Hall–Kier alpha value is -2.80. The molecule has 0 radical (unpaired) electrons. The third-order valence-electron chi connectivity index (χ3n) is 4.17. The van der Waals surface area contributed by atoms with Gasteiger partial charge in [-0.2, -0.15) is 0 Å². The number of rotatable bonds is 4. The Bertz CT molecular complexity index is 796. The van der Waals surface area contributed by atoms with Gasteiger partial charge in [-0.3, -0.25) is 14.9 Å². The van der Waals surface area contributed by atoms with Gasteiger partial charge >= 0.3 is 0 Å². The van der Waals surface area contributed by atoms with Gasteiger partial charge in [0.2, 0.25) is 5.91 Å². The van der Waals surface area contributed by atoms with Crippen molar-refractivity contribution in [2.24, 2.45) is 0 Å². The summed E-state index contributed by atoms with van der Waals surface area (Å²) in [7, 11) is 0. The van der Waals surface area contributed by atoms with Gasteiger partial charge < -0.3 is 9.64 Å². The average molecular weight is 344 g/mol. The highest BCUT2D eigenvalue weighted by atomic mass is 19.1. The molecule has 0 N–H and O–H groups in total. The fourth-order valence-corrected chi connectivity index (χ4v) is 2.90. The molecule has 1 aliphatic rings. The van der Waals surface area contributed by atoms with Gasteiger partial charge in [-0.05, 0) is 17.7 Å². The van der Waals surface area contributed by atoms with Crippen LogP contribution in [0.2, 0.25) is 0 Å². The monoisotopic (exact) mass is 344 g/mol. The van der Waals surface area contributed by atoms with Crippen molar-refractivity contribution in [2.45, 2.75) is 12.5 Å². The van der Waals surface area contributed by atoms with Crippen LogP contribution in [0, 0.1) is 15.9 Å². The number of morpholine rings is 1. The Balaban J connectivity index is 1.71. The van der Waals surface area contributed by atoms with E-state index in [0.29, 0.717) is 30.8 Å². The fourth-order valence-electron chi connectivity index (χ4n) is 2.90. The number of halogens is 1. The molecule has 1 saturated heterocycles. The lowest BCUT2D eigenvalue weighted by Crippen LogP contribution is -2.43. The van der Waals surface area contributed by atoms with Crippen LogP contribution in [0.3, 0.4) is 0 Å². The van der Waals surface area contributed by atoms with Crippen molar-refractivity contribution in [3.8, 4) is 0 Å². The van der Waals surface area contributed by atoms with Gasteiger partial charge in [0.1, 0.15) is 11.9 Å². The summed E-state index contributed by atoms with van der Waals surface area (Å²) in [6, 6.07) is 12.3. The quantitative estimate of drug-likeness (QED) is 0.631. The maximum Gasteiger partial charge on any atom is 0.273 e. The molecule has 0 aromatic heterocycles. The zero-order chi connectivity index (χ0) is 17.8. The minimum Gasteiger partial charge on any atom is -0.370 e. The highest BCUT2D eigenvalue weighted by Crippen LogP contribution is 2.24. The van der Waals surface area contributed by atoms with E-state index in [0.717, 1.165) is 0 Å². The normalized spacial score (nSPS) is 17.3. The van der Waals surface area contributed by atoms with Crippen molar-refractivity contribution >= 4 is 11.6 Å². The predicted octanol–water partition coefficient (Wildman–Crippen LogP) is 2.88. The number of carbonyl (C=O) groups excluding carboxylic acids is 1. The molecular formula is C18H17FN2O4. The molecule has 3 rings (SSSR count). The largest absolute Gasteiger partial charge is 0.370 e. The second-order valence-electron chi connectivity index (χ2n) is 5.82. The molecule has 0 bridgehead atoms. The van der Waals surface area contributed by atoms with Crippen LogP contribution in [-0.2, 0) is 16.0 Å². The molecule has 1 atom stereocenters. The summed E-state index contributed by atoms with van der Waals surface area (Å²) in [6.45, 7) is 1.04. The summed E-state index contributed by atoms with van der Waals surface area (Å²) >= 11 is 0. The number of nitrogens with zero attached hydrogens (tertiary/aromatic N) is 2. The maximum atomic E-state index is 13.4. The fraction of sp³-hybridized carbons (Fsp3) is 0.278. The molecule has 1 heterocycles. The molecule has 0 saturated carbocycles. The number of benzene rings is 2. The number of hydrogen-bond acceptors (Lipinski definition) is 4. The Kier molecular flexibility index (Phi) is 5.04. The van der Waals surface area contributed by atoms with E-state index >= 15 is 0 Å². The van der Waals surface area contributed by atoms with Crippen LogP contribution in [0.1, 0.15) is 17.2 Å². The first-order chi connectivity index (χ1) is 12.0. The minimum absolute atomic E-state index is 0.0486. The van der Waals surface area contributed by atoms with Gasteiger partial charge in [0.15, 0.2) is 0 Å².